The summed E-state index contributed by atoms with van der Waals surface area (Å²) in [7, 11) is 1.71. The Morgan fingerprint density at radius 1 is 1.33 bits per heavy atom. The summed E-state index contributed by atoms with van der Waals surface area (Å²) in [5, 5.41) is 5.96. The molecule has 112 valence electrons. The second-order valence-electron chi connectivity index (χ2n) is 5.15. The van der Waals surface area contributed by atoms with E-state index in [-0.39, 0.29) is 6.42 Å². The van der Waals surface area contributed by atoms with Crippen molar-refractivity contribution in [2.45, 2.75) is 25.8 Å². The van der Waals surface area contributed by atoms with Crippen LogP contribution in [-0.2, 0) is 4.79 Å². The van der Waals surface area contributed by atoms with Crippen molar-refractivity contribution >= 4 is 17.8 Å². The van der Waals surface area contributed by atoms with Gasteiger partial charge in [0.15, 0.2) is 0 Å². The first-order chi connectivity index (χ1) is 9.89. The molecule has 0 aliphatic heterocycles. The summed E-state index contributed by atoms with van der Waals surface area (Å²) in [6.45, 7) is 3.69. The highest BCUT2D eigenvalue weighted by Crippen LogP contribution is 2.16. The average molecular weight is 290 g/mol. The Bertz CT molecular complexity index is 622. The first kappa shape index (κ1) is 14.7. The number of aromatic nitrogens is 5. The summed E-state index contributed by atoms with van der Waals surface area (Å²) in [5.41, 5.74) is 4.67. The molecular weight excluding hydrogens is 272 g/mol. The number of hydrogen-bond donors (Lipinski definition) is 3. The van der Waals surface area contributed by atoms with Gasteiger partial charge in [0.05, 0.1) is 0 Å². The quantitative estimate of drug-likeness (QED) is 0.692. The van der Waals surface area contributed by atoms with Gasteiger partial charge in [0.1, 0.15) is 6.33 Å². The normalized spacial score (nSPS) is 11.2. The van der Waals surface area contributed by atoms with E-state index in [0.717, 1.165) is 0 Å². The van der Waals surface area contributed by atoms with Gasteiger partial charge in [-0.05, 0) is 13.8 Å². The Morgan fingerprint density at radius 2 is 2.05 bits per heavy atom. The molecule has 0 bridgehead atoms. The van der Waals surface area contributed by atoms with Crippen molar-refractivity contribution < 1.29 is 4.79 Å². The lowest BCUT2D eigenvalue weighted by atomic mass is 10.0. The van der Waals surface area contributed by atoms with Crippen molar-refractivity contribution in [3.05, 3.63) is 18.7 Å². The van der Waals surface area contributed by atoms with Crippen LogP contribution in [-0.4, -0.2) is 43.0 Å². The van der Waals surface area contributed by atoms with Crippen LogP contribution in [0.5, 0.6) is 0 Å². The molecule has 9 heteroatoms. The summed E-state index contributed by atoms with van der Waals surface area (Å²) >= 11 is 0. The van der Waals surface area contributed by atoms with Gasteiger partial charge in [0, 0.05) is 31.4 Å². The van der Waals surface area contributed by atoms with Crippen molar-refractivity contribution in [1.29, 1.82) is 0 Å². The van der Waals surface area contributed by atoms with E-state index in [1.165, 1.54) is 0 Å². The number of nitrogens with two attached hydrogens (primary N) is 1. The number of amides is 1. The molecule has 0 aliphatic carbocycles. The van der Waals surface area contributed by atoms with Crippen LogP contribution in [0.15, 0.2) is 18.7 Å². The van der Waals surface area contributed by atoms with E-state index < -0.39 is 11.4 Å². The molecule has 4 N–H and O–H groups in total. The summed E-state index contributed by atoms with van der Waals surface area (Å²) in [6, 6.07) is 0. The lowest BCUT2D eigenvalue weighted by Crippen LogP contribution is -2.36. The van der Waals surface area contributed by atoms with Gasteiger partial charge in [-0.1, -0.05) is 0 Å². The molecule has 2 rings (SSSR count). The van der Waals surface area contributed by atoms with Gasteiger partial charge in [-0.2, -0.15) is 15.0 Å². The monoisotopic (exact) mass is 290 g/mol. The highest BCUT2D eigenvalue weighted by atomic mass is 16.1. The number of primary amides is 1. The van der Waals surface area contributed by atoms with Crippen LogP contribution >= 0.6 is 0 Å². The zero-order valence-electron chi connectivity index (χ0n) is 12.2. The lowest BCUT2D eigenvalue weighted by molar-refractivity contribution is -0.118. The lowest BCUT2D eigenvalue weighted by Gasteiger charge is -2.24. The number of rotatable bonds is 6. The third-order valence-electron chi connectivity index (χ3n) is 2.65. The van der Waals surface area contributed by atoms with Crippen molar-refractivity contribution in [2.75, 3.05) is 17.7 Å². The Balaban J connectivity index is 2.31. The van der Waals surface area contributed by atoms with Crippen molar-refractivity contribution in [1.82, 2.24) is 24.5 Å². The number of hydrogen-bond acceptors (Lipinski definition) is 7. The van der Waals surface area contributed by atoms with Gasteiger partial charge in [-0.25, -0.2) is 4.98 Å². The first-order valence-electron chi connectivity index (χ1n) is 6.38. The SMILES string of the molecule is CNc1nc(NC(C)(C)CC(N)=O)nc(-n2ccnc2)n1. The number of carbonyl (C=O) groups is 1. The molecule has 0 fully saturated rings. The van der Waals surface area contributed by atoms with E-state index in [2.05, 4.69) is 30.6 Å². The van der Waals surface area contributed by atoms with E-state index >= 15 is 0 Å². The van der Waals surface area contributed by atoms with Crippen LogP contribution in [0, 0.1) is 0 Å². The van der Waals surface area contributed by atoms with Gasteiger partial charge in [0.2, 0.25) is 23.8 Å². The molecule has 1 amide bonds. The third kappa shape index (κ3) is 3.88. The van der Waals surface area contributed by atoms with Crippen molar-refractivity contribution in [3.63, 3.8) is 0 Å². The van der Waals surface area contributed by atoms with Gasteiger partial charge in [-0.3, -0.25) is 9.36 Å². The Kier molecular flexibility index (Phi) is 4.01. The predicted molar refractivity (Wildman–Crippen MR) is 78.0 cm³/mol. The molecule has 0 unspecified atom stereocenters. The van der Waals surface area contributed by atoms with Gasteiger partial charge in [-0.15, -0.1) is 0 Å². The van der Waals surface area contributed by atoms with Crippen LogP contribution in [0.2, 0.25) is 0 Å². The van der Waals surface area contributed by atoms with Gasteiger partial charge < -0.3 is 16.4 Å². The summed E-state index contributed by atoms with van der Waals surface area (Å²) < 4.78 is 1.66. The molecule has 2 aromatic rings. The Labute approximate surface area is 122 Å². The summed E-state index contributed by atoms with van der Waals surface area (Å²) in [6.07, 6.45) is 5.11. The van der Waals surface area contributed by atoms with Crippen LogP contribution in [0.1, 0.15) is 20.3 Å². The van der Waals surface area contributed by atoms with Crippen LogP contribution in [0.4, 0.5) is 11.9 Å². The first-order valence-corrected chi connectivity index (χ1v) is 6.38. The second-order valence-corrected chi connectivity index (χ2v) is 5.15. The number of nitrogens with zero attached hydrogens (tertiary/aromatic N) is 5. The minimum Gasteiger partial charge on any atom is -0.370 e. The molecule has 0 saturated carbocycles. The number of anilines is 2. The Hall–Kier alpha value is -2.71. The third-order valence-corrected chi connectivity index (χ3v) is 2.65. The summed E-state index contributed by atoms with van der Waals surface area (Å²) in [5.74, 6) is 0.782. The van der Waals surface area contributed by atoms with E-state index in [9.17, 15) is 4.79 Å². The van der Waals surface area contributed by atoms with Crippen LogP contribution < -0.4 is 16.4 Å². The fraction of sp³-hybridized carbons (Fsp3) is 0.417. The Morgan fingerprint density at radius 3 is 2.62 bits per heavy atom. The van der Waals surface area contributed by atoms with E-state index in [1.807, 2.05) is 13.8 Å². The highest BCUT2D eigenvalue weighted by Gasteiger charge is 2.22. The van der Waals surface area contributed by atoms with Gasteiger partial charge in [0.25, 0.3) is 0 Å². The van der Waals surface area contributed by atoms with Crippen LogP contribution in [0.25, 0.3) is 5.95 Å². The molecule has 0 atom stereocenters. The second kappa shape index (κ2) is 5.73. The van der Waals surface area contributed by atoms with E-state index in [4.69, 9.17) is 5.73 Å². The molecule has 0 aliphatic rings. The number of imidazole rings is 1. The van der Waals surface area contributed by atoms with E-state index in [1.54, 1.807) is 30.3 Å². The molecule has 0 saturated heterocycles. The fourth-order valence-electron chi connectivity index (χ4n) is 1.81. The number of carbonyl (C=O) groups excluding carboxylic acids is 1. The molecule has 21 heavy (non-hydrogen) atoms. The minimum absolute atomic E-state index is 0.161. The molecule has 0 spiro atoms. The smallest absolute Gasteiger partial charge is 0.241 e. The topological polar surface area (TPSA) is 124 Å². The zero-order chi connectivity index (χ0) is 15.5. The van der Waals surface area contributed by atoms with Gasteiger partial charge >= 0.3 is 0 Å². The van der Waals surface area contributed by atoms with E-state index in [0.29, 0.717) is 17.8 Å². The maximum Gasteiger partial charge on any atom is 0.241 e. The number of nitrogens with one attached hydrogen (secondary N) is 2. The summed E-state index contributed by atoms with van der Waals surface area (Å²) in [4.78, 5) is 27.8. The predicted octanol–water partition coefficient (Wildman–Crippen LogP) is 0.165. The van der Waals surface area contributed by atoms with Crippen molar-refractivity contribution in [3.8, 4) is 5.95 Å². The molecule has 0 aromatic carbocycles. The molecule has 0 radical (unpaired) electrons. The average Bonchev–Trinajstić information content (AvgIpc) is 2.89. The minimum atomic E-state index is -0.565. The highest BCUT2D eigenvalue weighted by molar-refractivity contribution is 5.75. The largest absolute Gasteiger partial charge is 0.370 e. The van der Waals surface area contributed by atoms with Crippen LogP contribution in [0.3, 0.4) is 0 Å². The molecular formula is C12H18N8O. The molecule has 2 heterocycles. The van der Waals surface area contributed by atoms with Crippen molar-refractivity contribution in [2.24, 2.45) is 5.73 Å². The standard InChI is InChI=1S/C12H18N8O/c1-12(2,6-8(13)21)19-10-16-9(14-3)17-11(18-10)20-5-4-15-7-20/h4-5,7H,6H2,1-3H3,(H2,13,21)(H2,14,16,17,18,19). The maximum absolute atomic E-state index is 11.1. The zero-order valence-corrected chi connectivity index (χ0v) is 12.2. The fourth-order valence-corrected chi connectivity index (χ4v) is 1.81. The molecule has 9 nitrogen and oxygen atoms in total. The maximum atomic E-state index is 11.1. The molecule has 2 aromatic heterocycles.